The van der Waals surface area contributed by atoms with Crippen LogP contribution in [0.1, 0.15) is 5.56 Å². The first-order valence-corrected chi connectivity index (χ1v) is 10.9. The van der Waals surface area contributed by atoms with Gasteiger partial charge in [0.05, 0.1) is 43.7 Å². The molecular formula is C20H22FN5O4S. The van der Waals surface area contributed by atoms with E-state index in [1.807, 2.05) is 6.92 Å². The molecule has 1 aromatic heterocycles. The lowest BCUT2D eigenvalue weighted by atomic mass is 10.2. The second kappa shape index (κ2) is 9.04. The fourth-order valence-corrected chi connectivity index (χ4v) is 3.29. The van der Waals surface area contributed by atoms with Gasteiger partial charge in [0.15, 0.2) is 11.6 Å². The molecular weight excluding hydrogens is 425 g/mol. The molecule has 0 aliphatic heterocycles. The molecule has 164 valence electrons. The van der Waals surface area contributed by atoms with Crippen molar-refractivity contribution in [2.24, 2.45) is 0 Å². The van der Waals surface area contributed by atoms with E-state index in [1.54, 1.807) is 36.4 Å². The number of hydrogen-bond acceptors (Lipinski definition) is 8. The SMILES string of the molecule is COc1ccc(OC)c(Nc2ncc(F)c(Nc3ccc(C)cc3NS(C)(=O)=O)n2)c1. The average molecular weight is 447 g/mol. The third kappa shape index (κ3) is 5.72. The van der Waals surface area contributed by atoms with E-state index < -0.39 is 15.8 Å². The Morgan fingerprint density at radius 1 is 0.968 bits per heavy atom. The highest BCUT2D eigenvalue weighted by atomic mass is 32.2. The number of sulfonamides is 1. The number of ether oxygens (including phenoxy) is 2. The highest BCUT2D eigenvalue weighted by molar-refractivity contribution is 7.92. The van der Waals surface area contributed by atoms with Crippen LogP contribution in [0, 0.1) is 12.7 Å². The monoisotopic (exact) mass is 447 g/mol. The number of anilines is 5. The molecule has 3 aromatic rings. The molecule has 9 nitrogen and oxygen atoms in total. The molecule has 11 heteroatoms. The van der Waals surface area contributed by atoms with E-state index in [-0.39, 0.29) is 17.5 Å². The molecule has 0 atom stereocenters. The van der Waals surface area contributed by atoms with Crippen LogP contribution in [-0.4, -0.2) is 38.9 Å². The zero-order valence-electron chi connectivity index (χ0n) is 17.4. The minimum absolute atomic E-state index is 0.0974. The van der Waals surface area contributed by atoms with E-state index in [4.69, 9.17) is 9.47 Å². The summed E-state index contributed by atoms with van der Waals surface area (Å²) in [6, 6.07) is 10.1. The van der Waals surface area contributed by atoms with Gasteiger partial charge in [0.25, 0.3) is 0 Å². The largest absolute Gasteiger partial charge is 0.497 e. The highest BCUT2D eigenvalue weighted by Gasteiger charge is 2.14. The van der Waals surface area contributed by atoms with Crippen LogP contribution in [0.4, 0.5) is 33.2 Å². The van der Waals surface area contributed by atoms with Crippen LogP contribution in [0.15, 0.2) is 42.6 Å². The van der Waals surface area contributed by atoms with Crippen LogP contribution in [0.25, 0.3) is 0 Å². The van der Waals surface area contributed by atoms with Gasteiger partial charge in [-0.15, -0.1) is 0 Å². The Labute approximate surface area is 179 Å². The van der Waals surface area contributed by atoms with Crippen LogP contribution < -0.4 is 24.8 Å². The molecule has 0 spiro atoms. The third-order valence-electron chi connectivity index (χ3n) is 4.12. The Hall–Kier alpha value is -3.60. The number of halogens is 1. The van der Waals surface area contributed by atoms with Gasteiger partial charge in [-0.05, 0) is 36.8 Å². The van der Waals surface area contributed by atoms with Crippen molar-refractivity contribution in [1.29, 1.82) is 0 Å². The van der Waals surface area contributed by atoms with E-state index in [1.165, 1.54) is 14.2 Å². The summed E-state index contributed by atoms with van der Waals surface area (Å²) in [5.74, 6) is 0.343. The number of rotatable bonds is 8. The van der Waals surface area contributed by atoms with Crippen LogP contribution in [0.3, 0.4) is 0 Å². The summed E-state index contributed by atoms with van der Waals surface area (Å²) in [6.45, 7) is 1.81. The molecule has 0 aliphatic carbocycles. The third-order valence-corrected chi connectivity index (χ3v) is 4.71. The van der Waals surface area contributed by atoms with Crippen molar-refractivity contribution in [2.45, 2.75) is 6.92 Å². The van der Waals surface area contributed by atoms with Crippen molar-refractivity contribution < 1.29 is 22.3 Å². The molecule has 3 rings (SSSR count). The summed E-state index contributed by atoms with van der Waals surface area (Å²) in [6.07, 6.45) is 2.04. The Balaban J connectivity index is 1.93. The molecule has 0 aliphatic rings. The lowest BCUT2D eigenvalue weighted by molar-refractivity contribution is 0.405. The van der Waals surface area contributed by atoms with Gasteiger partial charge in [-0.2, -0.15) is 4.98 Å². The van der Waals surface area contributed by atoms with Gasteiger partial charge >= 0.3 is 0 Å². The van der Waals surface area contributed by atoms with Gasteiger partial charge in [0.2, 0.25) is 16.0 Å². The predicted molar refractivity (Wildman–Crippen MR) is 118 cm³/mol. The summed E-state index contributed by atoms with van der Waals surface area (Å²) in [5.41, 5.74) is 1.95. The molecule has 0 unspecified atom stereocenters. The molecule has 0 bridgehead atoms. The van der Waals surface area contributed by atoms with Gasteiger partial charge in [0.1, 0.15) is 11.5 Å². The topological polar surface area (TPSA) is 114 Å². The molecule has 0 saturated carbocycles. The summed E-state index contributed by atoms with van der Waals surface area (Å²) in [5, 5.41) is 5.79. The summed E-state index contributed by atoms with van der Waals surface area (Å²) in [7, 11) is -0.490. The molecule has 0 amide bonds. The van der Waals surface area contributed by atoms with E-state index in [2.05, 4.69) is 25.3 Å². The first-order chi connectivity index (χ1) is 14.7. The maximum absolute atomic E-state index is 14.4. The number of nitrogens with zero attached hydrogens (tertiary/aromatic N) is 2. The van der Waals surface area contributed by atoms with Gasteiger partial charge in [-0.1, -0.05) is 6.07 Å². The summed E-state index contributed by atoms with van der Waals surface area (Å²) >= 11 is 0. The Morgan fingerprint density at radius 3 is 2.42 bits per heavy atom. The predicted octanol–water partition coefficient (Wildman–Crippen LogP) is 3.80. The van der Waals surface area contributed by atoms with Gasteiger partial charge in [0, 0.05) is 6.07 Å². The fraction of sp³-hybridized carbons (Fsp3) is 0.200. The van der Waals surface area contributed by atoms with Crippen LogP contribution >= 0.6 is 0 Å². The molecule has 0 fully saturated rings. The lowest BCUT2D eigenvalue weighted by Gasteiger charge is -2.15. The lowest BCUT2D eigenvalue weighted by Crippen LogP contribution is -2.12. The molecule has 3 N–H and O–H groups in total. The van der Waals surface area contributed by atoms with E-state index in [0.29, 0.717) is 22.9 Å². The molecule has 1 heterocycles. The van der Waals surface area contributed by atoms with Crippen molar-refractivity contribution in [2.75, 3.05) is 35.8 Å². The second-order valence-electron chi connectivity index (χ2n) is 6.63. The molecule has 2 aromatic carbocycles. The van der Waals surface area contributed by atoms with Crippen molar-refractivity contribution in [3.63, 3.8) is 0 Å². The number of benzene rings is 2. The minimum Gasteiger partial charge on any atom is -0.497 e. The maximum atomic E-state index is 14.4. The quantitative estimate of drug-likeness (QED) is 0.478. The number of hydrogen-bond donors (Lipinski definition) is 3. The summed E-state index contributed by atoms with van der Waals surface area (Å²) < 4.78 is 50.7. The molecule has 0 radical (unpaired) electrons. The Bertz CT molecular complexity index is 1200. The first-order valence-electron chi connectivity index (χ1n) is 9.05. The highest BCUT2D eigenvalue weighted by Crippen LogP contribution is 2.32. The number of aryl methyl sites for hydroxylation is 1. The minimum atomic E-state index is -3.54. The van der Waals surface area contributed by atoms with Crippen LogP contribution in [0.2, 0.25) is 0 Å². The van der Waals surface area contributed by atoms with E-state index in [0.717, 1.165) is 18.0 Å². The van der Waals surface area contributed by atoms with Gasteiger partial charge in [-0.25, -0.2) is 17.8 Å². The number of aromatic nitrogens is 2. The fourth-order valence-electron chi connectivity index (χ4n) is 2.73. The number of methoxy groups -OCH3 is 2. The number of nitrogens with one attached hydrogen (secondary N) is 3. The van der Waals surface area contributed by atoms with Gasteiger partial charge < -0.3 is 20.1 Å². The normalized spacial score (nSPS) is 11.0. The standard InChI is InChI=1S/C20H22FN5O4S/c1-12-5-7-15(16(9-12)26-31(4,27)28)23-19-14(21)11-22-20(25-19)24-17-10-13(29-2)6-8-18(17)30-3/h5-11,26H,1-4H3,(H2,22,23,24,25). The van der Waals surface area contributed by atoms with Crippen molar-refractivity contribution in [3.8, 4) is 11.5 Å². The van der Waals surface area contributed by atoms with Gasteiger partial charge in [-0.3, -0.25) is 4.72 Å². The van der Waals surface area contributed by atoms with E-state index >= 15 is 0 Å². The van der Waals surface area contributed by atoms with Crippen LogP contribution in [0.5, 0.6) is 11.5 Å². The van der Waals surface area contributed by atoms with E-state index in [9.17, 15) is 12.8 Å². The maximum Gasteiger partial charge on any atom is 0.229 e. The smallest absolute Gasteiger partial charge is 0.229 e. The Morgan fingerprint density at radius 2 is 1.74 bits per heavy atom. The Kier molecular flexibility index (Phi) is 6.44. The molecule has 31 heavy (non-hydrogen) atoms. The zero-order chi connectivity index (χ0) is 22.6. The average Bonchev–Trinajstić information content (AvgIpc) is 2.71. The van der Waals surface area contributed by atoms with Crippen molar-refractivity contribution >= 4 is 38.9 Å². The van der Waals surface area contributed by atoms with Crippen molar-refractivity contribution in [3.05, 3.63) is 54.0 Å². The van der Waals surface area contributed by atoms with Crippen molar-refractivity contribution in [1.82, 2.24) is 9.97 Å². The van der Waals surface area contributed by atoms with Crippen LogP contribution in [-0.2, 0) is 10.0 Å². The summed E-state index contributed by atoms with van der Waals surface area (Å²) in [4.78, 5) is 8.13. The zero-order valence-corrected chi connectivity index (χ0v) is 18.2. The molecule has 0 saturated heterocycles. The first kappa shape index (κ1) is 22.1. The second-order valence-corrected chi connectivity index (χ2v) is 8.38.